The molecular formula is C21H32O3. The summed E-state index contributed by atoms with van der Waals surface area (Å²) >= 11 is 0. The number of rotatable bonds is 4. The topological polar surface area (TPSA) is 49.7 Å². The van der Waals surface area contributed by atoms with Crippen LogP contribution in [0.15, 0.2) is 0 Å². The van der Waals surface area contributed by atoms with Gasteiger partial charge in [0.25, 0.3) is 0 Å². The van der Waals surface area contributed by atoms with E-state index in [2.05, 4.69) is 20.8 Å². The standard InChI is InChI=1S/C21H32O3/c1-18(2,3)5-4-15(22)24-20-10-12-9-19-14(20)7-11-6-13(20)17(16(12)19)21(19,23)8-11/h11-17,22-23H,4-10H2,1-3H3. The normalized spacial score (nSPS) is 62.4. The molecule has 10 unspecified atom stereocenters. The van der Waals surface area contributed by atoms with Crippen LogP contribution in [0.2, 0.25) is 0 Å². The average molecular weight is 332 g/mol. The monoisotopic (exact) mass is 332 g/mol. The van der Waals surface area contributed by atoms with E-state index in [1.165, 1.54) is 25.7 Å². The van der Waals surface area contributed by atoms with Crippen LogP contribution in [0.25, 0.3) is 0 Å². The van der Waals surface area contributed by atoms with E-state index in [1.807, 2.05) is 0 Å². The molecule has 10 rings (SSSR count). The van der Waals surface area contributed by atoms with Crippen LogP contribution in [0.1, 0.15) is 65.7 Å². The summed E-state index contributed by atoms with van der Waals surface area (Å²) in [7, 11) is 0. The summed E-state index contributed by atoms with van der Waals surface area (Å²) in [6, 6.07) is 0. The zero-order valence-corrected chi connectivity index (χ0v) is 15.3. The lowest BCUT2D eigenvalue weighted by Gasteiger charge is -2.94. The molecule has 0 aliphatic heterocycles. The van der Waals surface area contributed by atoms with Crippen molar-refractivity contribution in [3.8, 4) is 0 Å². The first-order valence-electron chi connectivity index (χ1n) is 10.3. The van der Waals surface area contributed by atoms with E-state index in [-0.39, 0.29) is 22.0 Å². The lowest BCUT2D eigenvalue weighted by molar-refractivity contribution is -0.518. The zero-order chi connectivity index (χ0) is 16.7. The quantitative estimate of drug-likeness (QED) is 0.776. The van der Waals surface area contributed by atoms with Crippen LogP contribution in [0, 0.1) is 46.3 Å². The van der Waals surface area contributed by atoms with Crippen molar-refractivity contribution in [1.29, 1.82) is 0 Å². The highest BCUT2D eigenvalue weighted by atomic mass is 16.6. The Kier molecular flexibility index (Phi) is 2.45. The van der Waals surface area contributed by atoms with E-state index in [1.54, 1.807) is 0 Å². The summed E-state index contributed by atoms with van der Waals surface area (Å²) in [5.41, 5.74) is -0.0172. The Labute approximate surface area is 145 Å². The van der Waals surface area contributed by atoms with Crippen molar-refractivity contribution in [3.05, 3.63) is 0 Å². The molecule has 10 aliphatic carbocycles. The Morgan fingerprint density at radius 1 is 1.12 bits per heavy atom. The third-order valence-corrected chi connectivity index (χ3v) is 9.55. The van der Waals surface area contributed by atoms with Gasteiger partial charge in [-0.3, -0.25) is 0 Å². The summed E-state index contributed by atoms with van der Waals surface area (Å²) in [6.45, 7) is 6.68. The van der Waals surface area contributed by atoms with Crippen molar-refractivity contribution in [3.63, 3.8) is 0 Å². The second kappa shape index (κ2) is 3.92. The van der Waals surface area contributed by atoms with Gasteiger partial charge in [0.15, 0.2) is 6.29 Å². The van der Waals surface area contributed by atoms with Gasteiger partial charge < -0.3 is 14.9 Å². The highest BCUT2D eigenvalue weighted by molar-refractivity contribution is 5.42. The predicted octanol–water partition coefficient (Wildman–Crippen LogP) is 3.33. The molecule has 134 valence electrons. The highest BCUT2D eigenvalue weighted by Crippen LogP contribution is 2.93. The van der Waals surface area contributed by atoms with Crippen molar-refractivity contribution >= 4 is 0 Å². The molecule has 0 aromatic rings. The van der Waals surface area contributed by atoms with Gasteiger partial charge >= 0.3 is 0 Å². The largest absolute Gasteiger partial charge is 0.389 e. The third-order valence-electron chi connectivity index (χ3n) is 9.55. The molecule has 10 fully saturated rings. The minimum absolute atomic E-state index is 0.0945. The number of hydrogen-bond acceptors (Lipinski definition) is 3. The summed E-state index contributed by atoms with van der Waals surface area (Å²) in [4.78, 5) is 0. The first-order valence-corrected chi connectivity index (χ1v) is 10.3. The zero-order valence-electron chi connectivity index (χ0n) is 15.3. The van der Waals surface area contributed by atoms with Crippen LogP contribution in [-0.4, -0.2) is 27.7 Å². The van der Waals surface area contributed by atoms with Gasteiger partial charge in [0.05, 0.1) is 11.2 Å². The fraction of sp³-hybridized carbons (Fsp3) is 1.00. The van der Waals surface area contributed by atoms with E-state index in [4.69, 9.17) is 4.74 Å². The van der Waals surface area contributed by atoms with Crippen LogP contribution in [-0.2, 0) is 4.74 Å². The molecule has 0 amide bonds. The van der Waals surface area contributed by atoms with Gasteiger partial charge in [-0.2, -0.15) is 0 Å². The van der Waals surface area contributed by atoms with Crippen LogP contribution < -0.4 is 0 Å². The predicted molar refractivity (Wildman–Crippen MR) is 89.9 cm³/mol. The fourth-order valence-electron chi connectivity index (χ4n) is 9.27. The maximum Gasteiger partial charge on any atom is 0.155 e. The number of hydrogen-bond donors (Lipinski definition) is 2. The first kappa shape index (κ1) is 15.0. The van der Waals surface area contributed by atoms with Crippen molar-refractivity contribution in [2.24, 2.45) is 46.3 Å². The molecule has 0 aromatic heterocycles. The molecule has 0 heterocycles. The van der Waals surface area contributed by atoms with Crippen molar-refractivity contribution < 1.29 is 14.9 Å². The number of ether oxygens (including phenoxy) is 1. The molecule has 10 saturated carbocycles. The molecule has 3 heteroatoms. The molecule has 1 spiro atoms. The van der Waals surface area contributed by atoms with Gasteiger partial charge in [-0.1, -0.05) is 20.8 Å². The molecule has 2 N–H and O–H groups in total. The second-order valence-electron chi connectivity index (χ2n) is 11.5. The lowest BCUT2D eigenvalue weighted by Crippen LogP contribution is -2.96. The SMILES string of the molecule is CC(C)(C)CCC(O)OC12CC3CC45C3C3C1CC(CC24)CC35O. The summed E-state index contributed by atoms with van der Waals surface area (Å²) in [5, 5.41) is 22.2. The van der Waals surface area contributed by atoms with E-state index in [0.717, 1.165) is 31.1 Å². The lowest BCUT2D eigenvalue weighted by atomic mass is 9.12. The summed E-state index contributed by atoms with van der Waals surface area (Å²) in [6.07, 6.45) is 7.09. The third kappa shape index (κ3) is 1.32. The molecule has 3 nitrogen and oxygen atoms in total. The number of aliphatic hydroxyl groups excluding tert-OH is 1. The molecule has 0 radical (unpaired) electrons. The van der Waals surface area contributed by atoms with Gasteiger partial charge in [-0.15, -0.1) is 0 Å². The van der Waals surface area contributed by atoms with Crippen molar-refractivity contribution in [2.45, 2.75) is 83.2 Å². The van der Waals surface area contributed by atoms with Crippen LogP contribution in [0.5, 0.6) is 0 Å². The Bertz CT molecular complexity index is 611. The van der Waals surface area contributed by atoms with E-state index >= 15 is 0 Å². The van der Waals surface area contributed by atoms with Crippen LogP contribution >= 0.6 is 0 Å². The van der Waals surface area contributed by atoms with E-state index in [0.29, 0.717) is 23.7 Å². The molecule has 10 aliphatic rings. The van der Waals surface area contributed by atoms with E-state index < -0.39 is 6.29 Å². The molecule has 10 atom stereocenters. The highest BCUT2D eigenvalue weighted by Gasteiger charge is 2.94. The fourth-order valence-corrected chi connectivity index (χ4v) is 9.27. The minimum Gasteiger partial charge on any atom is -0.389 e. The summed E-state index contributed by atoms with van der Waals surface area (Å²) in [5.74, 6) is 3.83. The van der Waals surface area contributed by atoms with Crippen molar-refractivity contribution in [2.75, 3.05) is 0 Å². The molecule has 0 aromatic carbocycles. The van der Waals surface area contributed by atoms with Gasteiger partial charge in [0, 0.05) is 5.41 Å². The van der Waals surface area contributed by atoms with E-state index in [9.17, 15) is 10.2 Å². The van der Waals surface area contributed by atoms with Crippen LogP contribution in [0.3, 0.4) is 0 Å². The van der Waals surface area contributed by atoms with Gasteiger partial charge in [0.2, 0.25) is 0 Å². The Morgan fingerprint density at radius 2 is 1.92 bits per heavy atom. The van der Waals surface area contributed by atoms with Crippen LogP contribution in [0.4, 0.5) is 0 Å². The average Bonchev–Trinajstić information content (AvgIpc) is 2.46. The van der Waals surface area contributed by atoms with Gasteiger partial charge in [-0.25, -0.2) is 0 Å². The Morgan fingerprint density at radius 3 is 2.67 bits per heavy atom. The van der Waals surface area contributed by atoms with Crippen molar-refractivity contribution in [1.82, 2.24) is 0 Å². The maximum atomic E-state index is 11.5. The molecule has 9 bridgehead atoms. The summed E-state index contributed by atoms with van der Waals surface area (Å²) < 4.78 is 6.58. The maximum absolute atomic E-state index is 11.5. The molecule has 0 saturated heterocycles. The molecular weight excluding hydrogens is 300 g/mol. The Balaban J connectivity index is 1.31. The number of aliphatic hydroxyl groups is 2. The molecule has 24 heavy (non-hydrogen) atoms. The van der Waals surface area contributed by atoms with Gasteiger partial charge in [-0.05, 0) is 85.9 Å². The van der Waals surface area contributed by atoms with Gasteiger partial charge in [0.1, 0.15) is 0 Å². The smallest absolute Gasteiger partial charge is 0.155 e. The second-order valence-corrected chi connectivity index (χ2v) is 11.5. The minimum atomic E-state index is -0.622. The Hall–Kier alpha value is -0.120. The first-order chi connectivity index (χ1) is 11.2.